The van der Waals surface area contributed by atoms with Gasteiger partial charge in [0.05, 0.1) is 16.4 Å². The van der Waals surface area contributed by atoms with Gasteiger partial charge in [-0.2, -0.15) is 0 Å². The first-order valence-electron chi connectivity index (χ1n) is 7.48. The molecule has 2 aliphatic heterocycles. The Kier molecular flexibility index (Phi) is 5.02. The minimum absolute atomic E-state index is 0.0356. The van der Waals surface area contributed by atoms with Gasteiger partial charge in [0, 0.05) is 13.0 Å². The Hall–Kier alpha value is -1.65. The molecule has 142 valence electrons. The second-order valence-corrected chi connectivity index (χ2v) is 8.61. The van der Waals surface area contributed by atoms with Crippen LogP contribution in [0.25, 0.3) is 0 Å². The topological polar surface area (TPSA) is 86.8 Å². The molecule has 0 saturated carbocycles. The number of imide groups is 1. The van der Waals surface area contributed by atoms with Crippen LogP contribution in [0.2, 0.25) is 5.02 Å². The van der Waals surface area contributed by atoms with Gasteiger partial charge in [-0.1, -0.05) is 11.6 Å². The van der Waals surface area contributed by atoms with Crippen LogP contribution in [0.4, 0.5) is 25.0 Å². The van der Waals surface area contributed by atoms with Crippen LogP contribution < -0.4 is 9.62 Å². The van der Waals surface area contributed by atoms with Gasteiger partial charge in [-0.15, -0.1) is 11.6 Å². The molecule has 2 fully saturated rings. The standard InChI is InChI=1S/C14H13Cl2F2N3O4S/c15-6-26(24,25)19-10-5-11(9(18)4-8(10)16)21-13(22)12-3-7(17)1-2-20(12)14(21)23/h4-5,7,12,19H,1-3,6H2. The number of sulfonamides is 1. The van der Waals surface area contributed by atoms with Crippen molar-refractivity contribution < 1.29 is 26.8 Å². The number of amides is 3. The summed E-state index contributed by atoms with van der Waals surface area (Å²) in [7, 11) is -3.94. The molecule has 1 N–H and O–H groups in total. The van der Waals surface area contributed by atoms with E-state index in [0.717, 1.165) is 12.1 Å². The van der Waals surface area contributed by atoms with Gasteiger partial charge in [-0.3, -0.25) is 9.52 Å². The third-order valence-electron chi connectivity index (χ3n) is 4.17. The molecule has 0 radical (unpaired) electrons. The largest absolute Gasteiger partial charge is 0.332 e. The summed E-state index contributed by atoms with van der Waals surface area (Å²) in [5.74, 6) is -1.77. The molecule has 0 bridgehead atoms. The Bertz CT molecular complexity index is 883. The van der Waals surface area contributed by atoms with E-state index in [9.17, 15) is 26.8 Å². The second-order valence-electron chi connectivity index (χ2n) is 5.90. The third-order valence-corrected chi connectivity index (χ3v) is 6.16. The number of nitrogens with one attached hydrogen (secondary N) is 1. The Morgan fingerprint density at radius 1 is 1.31 bits per heavy atom. The Labute approximate surface area is 157 Å². The summed E-state index contributed by atoms with van der Waals surface area (Å²) in [6.45, 7) is 0.0356. The molecule has 1 aromatic rings. The molecule has 2 unspecified atom stereocenters. The van der Waals surface area contributed by atoms with Crippen molar-refractivity contribution in [2.45, 2.75) is 25.1 Å². The summed E-state index contributed by atoms with van der Waals surface area (Å²) >= 11 is 11.1. The van der Waals surface area contributed by atoms with Crippen LogP contribution in [0.3, 0.4) is 0 Å². The Morgan fingerprint density at radius 2 is 2.00 bits per heavy atom. The first-order valence-corrected chi connectivity index (χ1v) is 10.0. The fourth-order valence-corrected chi connectivity index (χ4v) is 3.94. The highest BCUT2D eigenvalue weighted by Gasteiger charge is 2.49. The quantitative estimate of drug-likeness (QED) is 0.590. The molecule has 2 aliphatic rings. The number of hydrogen-bond donors (Lipinski definition) is 1. The monoisotopic (exact) mass is 427 g/mol. The molecular formula is C14H13Cl2F2N3O4S. The van der Waals surface area contributed by atoms with Gasteiger partial charge in [0.2, 0.25) is 10.0 Å². The fraction of sp³-hybridized carbons (Fsp3) is 0.429. The second kappa shape index (κ2) is 6.82. The first kappa shape index (κ1) is 19.1. The van der Waals surface area contributed by atoms with Crippen molar-refractivity contribution in [3.05, 3.63) is 23.0 Å². The zero-order chi connectivity index (χ0) is 19.2. The maximum atomic E-state index is 14.4. The molecular weight excluding hydrogens is 415 g/mol. The number of anilines is 2. The number of fused-ring (bicyclic) bond motifs is 1. The summed E-state index contributed by atoms with van der Waals surface area (Å²) in [6.07, 6.45) is -1.30. The number of piperidine rings is 1. The van der Waals surface area contributed by atoms with E-state index in [1.165, 1.54) is 4.90 Å². The molecule has 26 heavy (non-hydrogen) atoms. The average Bonchev–Trinajstić information content (AvgIpc) is 2.81. The maximum Gasteiger partial charge on any atom is 0.332 e. The van der Waals surface area contributed by atoms with Gasteiger partial charge in [0.15, 0.2) is 0 Å². The van der Waals surface area contributed by atoms with Gasteiger partial charge in [-0.05, 0) is 18.6 Å². The van der Waals surface area contributed by atoms with Crippen LogP contribution >= 0.6 is 23.2 Å². The van der Waals surface area contributed by atoms with Crippen molar-refractivity contribution in [2.75, 3.05) is 21.4 Å². The van der Waals surface area contributed by atoms with E-state index in [1.807, 2.05) is 4.72 Å². The lowest BCUT2D eigenvalue weighted by atomic mass is 10.0. The average molecular weight is 428 g/mol. The Morgan fingerprint density at radius 3 is 2.65 bits per heavy atom. The summed E-state index contributed by atoms with van der Waals surface area (Å²) in [5.41, 5.74) is -0.709. The summed E-state index contributed by atoms with van der Waals surface area (Å²) in [4.78, 5) is 26.8. The number of hydrogen-bond acceptors (Lipinski definition) is 4. The molecule has 0 spiro atoms. The van der Waals surface area contributed by atoms with Gasteiger partial charge in [-0.25, -0.2) is 26.9 Å². The van der Waals surface area contributed by atoms with Crippen LogP contribution in [-0.4, -0.2) is 49.2 Å². The minimum Gasteiger partial charge on any atom is -0.312 e. The SMILES string of the molecule is O=C1C2CC(F)CCN2C(=O)N1c1cc(NS(=O)(=O)CCl)c(Cl)cc1F. The smallest absolute Gasteiger partial charge is 0.312 e. The number of carbonyl (C=O) groups is 2. The third kappa shape index (κ3) is 3.33. The molecule has 3 rings (SSSR count). The van der Waals surface area contributed by atoms with Crippen LogP contribution in [0.15, 0.2) is 12.1 Å². The van der Waals surface area contributed by atoms with Crippen molar-refractivity contribution in [3.8, 4) is 0 Å². The molecule has 2 saturated heterocycles. The lowest BCUT2D eigenvalue weighted by Gasteiger charge is -2.28. The zero-order valence-electron chi connectivity index (χ0n) is 13.1. The van der Waals surface area contributed by atoms with E-state index in [1.54, 1.807) is 0 Å². The van der Waals surface area contributed by atoms with E-state index in [0.29, 0.717) is 4.90 Å². The van der Waals surface area contributed by atoms with E-state index < -0.39 is 50.9 Å². The van der Waals surface area contributed by atoms with Crippen molar-refractivity contribution >= 4 is 56.5 Å². The van der Waals surface area contributed by atoms with Crippen molar-refractivity contribution in [2.24, 2.45) is 0 Å². The number of urea groups is 1. The van der Waals surface area contributed by atoms with Crippen LogP contribution in [0.1, 0.15) is 12.8 Å². The number of nitrogens with zero attached hydrogens (tertiary/aromatic N) is 2. The normalized spacial score (nSPS) is 23.4. The highest BCUT2D eigenvalue weighted by molar-refractivity contribution is 7.93. The van der Waals surface area contributed by atoms with E-state index in [-0.39, 0.29) is 30.1 Å². The van der Waals surface area contributed by atoms with E-state index in [2.05, 4.69) is 0 Å². The van der Waals surface area contributed by atoms with Gasteiger partial charge < -0.3 is 4.90 Å². The highest BCUT2D eigenvalue weighted by Crippen LogP contribution is 2.36. The zero-order valence-corrected chi connectivity index (χ0v) is 15.4. The highest BCUT2D eigenvalue weighted by atomic mass is 35.5. The predicted octanol–water partition coefficient (Wildman–Crippen LogP) is 2.69. The summed E-state index contributed by atoms with van der Waals surface area (Å²) in [6, 6.07) is -0.0922. The molecule has 2 atom stereocenters. The van der Waals surface area contributed by atoms with Gasteiger partial charge in [0.25, 0.3) is 5.91 Å². The van der Waals surface area contributed by atoms with Crippen LogP contribution in [-0.2, 0) is 14.8 Å². The molecule has 0 aromatic heterocycles. The van der Waals surface area contributed by atoms with Gasteiger partial charge in [0.1, 0.15) is 23.2 Å². The number of carbonyl (C=O) groups excluding carboxylic acids is 2. The fourth-order valence-electron chi connectivity index (χ4n) is 2.96. The molecule has 0 aliphatic carbocycles. The maximum absolute atomic E-state index is 14.4. The molecule has 1 aromatic carbocycles. The lowest BCUT2D eigenvalue weighted by molar-refractivity contribution is -0.121. The molecule has 3 amide bonds. The van der Waals surface area contributed by atoms with Crippen LogP contribution in [0.5, 0.6) is 0 Å². The van der Waals surface area contributed by atoms with Gasteiger partial charge >= 0.3 is 6.03 Å². The minimum atomic E-state index is -3.94. The Balaban J connectivity index is 2.01. The number of alkyl halides is 2. The lowest BCUT2D eigenvalue weighted by Crippen LogP contribution is -2.42. The molecule has 7 nitrogen and oxygen atoms in total. The number of benzene rings is 1. The number of halogens is 4. The molecule has 12 heteroatoms. The first-order chi connectivity index (χ1) is 12.1. The van der Waals surface area contributed by atoms with E-state index >= 15 is 0 Å². The molecule has 2 heterocycles. The predicted molar refractivity (Wildman–Crippen MR) is 92.2 cm³/mol. The van der Waals surface area contributed by atoms with Crippen LogP contribution in [0, 0.1) is 5.82 Å². The number of rotatable bonds is 4. The summed E-state index contributed by atoms with van der Waals surface area (Å²) in [5, 5.41) is -1.05. The van der Waals surface area contributed by atoms with Crippen molar-refractivity contribution in [1.29, 1.82) is 0 Å². The van der Waals surface area contributed by atoms with E-state index in [4.69, 9.17) is 23.2 Å². The van der Waals surface area contributed by atoms with Crippen molar-refractivity contribution in [1.82, 2.24) is 4.90 Å². The summed E-state index contributed by atoms with van der Waals surface area (Å²) < 4.78 is 53.2. The van der Waals surface area contributed by atoms with Crippen molar-refractivity contribution in [3.63, 3.8) is 0 Å².